The van der Waals surface area contributed by atoms with Gasteiger partial charge in [-0.2, -0.15) is 0 Å². The Morgan fingerprint density at radius 3 is 1.59 bits per heavy atom. The lowest BCUT2D eigenvalue weighted by Gasteiger charge is -2.40. The summed E-state index contributed by atoms with van der Waals surface area (Å²) in [6, 6.07) is 9.18. The minimum absolute atomic E-state index is 0.0820. The van der Waals surface area contributed by atoms with Crippen LogP contribution in [0.5, 0.6) is 0 Å². The zero-order valence-electron chi connectivity index (χ0n) is 21.9. The highest BCUT2D eigenvalue weighted by Crippen LogP contribution is 2.39. The van der Waals surface area contributed by atoms with Gasteiger partial charge < -0.3 is 14.2 Å². The van der Waals surface area contributed by atoms with E-state index in [1.807, 2.05) is 0 Å². The SMILES string of the molecule is CCCCCCCCC(c1ccc(CCCC)cc1)C(OCCC)(OCCC)OCCC. The van der Waals surface area contributed by atoms with Gasteiger partial charge in [-0.3, -0.25) is 0 Å². The van der Waals surface area contributed by atoms with E-state index in [0.717, 1.165) is 32.1 Å². The molecule has 0 saturated carbocycles. The summed E-state index contributed by atoms with van der Waals surface area (Å²) in [5.74, 6) is -0.908. The van der Waals surface area contributed by atoms with Gasteiger partial charge >= 0.3 is 0 Å². The summed E-state index contributed by atoms with van der Waals surface area (Å²) in [5, 5.41) is 0. The minimum Gasteiger partial charge on any atom is -0.327 e. The fraction of sp³-hybridized carbons (Fsp3) is 0.793. The number of hydrogen-bond acceptors (Lipinski definition) is 3. The molecule has 0 N–H and O–H groups in total. The normalized spacial score (nSPS) is 12.9. The molecule has 1 unspecified atom stereocenters. The molecule has 0 amide bonds. The van der Waals surface area contributed by atoms with Crippen molar-refractivity contribution >= 4 is 0 Å². The Labute approximate surface area is 199 Å². The molecule has 1 atom stereocenters. The van der Waals surface area contributed by atoms with Crippen molar-refractivity contribution in [2.45, 2.75) is 130 Å². The highest BCUT2D eigenvalue weighted by atomic mass is 16.9. The second-order valence-electron chi connectivity index (χ2n) is 9.10. The lowest BCUT2D eigenvalue weighted by atomic mass is 9.89. The van der Waals surface area contributed by atoms with Gasteiger partial charge in [-0.05, 0) is 49.7 Å². The topological polar surface area (TPSA) is 27.7 Å². The first-order valence-electron chi connectivity index (χ1n) is 13.7. The van der Waals surface area contributed by atoms with E-state index >= 15 is 0 Å². The molecule has 32 heavy (non-hydrogen) atoms. The first-order valence-corrected chi connectivity index (χ1v) is 13.7. The van der Waals surface area contributed by atoms with Gasteiger partial charge in [0.2, 0.25) is 0 Å². The molecule has 0 fully saturated rings. The van der Waals surface area contributed by atoms with Crippen molar-refractivity contribution < 1.29 is 14.2 Å². The second-order valence-corrected chi connectivity index (χ2v) is 9.10. The molecule has 0 radical (unpaired) electrons. The lowest BCUT2D eigenvalue weighted by Crippen LogP contribution is -2.46. The largest absolute Gasteiger partial charge is 0.327 e. The fourth-order valence-corrected chi connectivity index (χ4v) is 4.13. The molecule has 3 heteroatoms. The van der Waals surface area contributed by atoms with Crippen molar-refractivity contribution in [3.63, 3.8) is 0 Å². The second kappa shape index (κ2) is 18.5. The number of hydrogen-bond donors (Lipinski definition) is 0. The van der Waals surface area contributed by atoms with E-state index in [2.05, 4.69) is 58.9 Å². The number of unbranched alkanes of at least 4 members (excludes halogenated alkanes) is 6. The summed E-state index contributed by atoms with van der Waals surface area (Å²) in [5.41, 5.74) is 2.69. The smallest absolute Gasteiger partial charge is 0.290 e. The third kappa shape index (κ3) is 10.8. The molecule has 0 aromatic heterocycles. The third-order valence-corrected chi connectivity index (χ3v) is 6.00. The van der Waals surface area contributed by atoms with Crippen LogP contribution in [0.3, 0.4) is 0 Å². The predicted molar refractivity (Wildman–Crippen MR) is 137 cm³/mol. The highest BCUT2D eigenvalue weighted by Gasteiger charge is 2.43. The van der Waals surface area contributed by atoms with Gasteiger partial charge in [0.25, 0.3) is 5.97 Å². The molecule has 0 spiro atoms. The molecule has 0 aliphatic carbocycles. The quantitative estimate of drug-likeness (QED) is 0.139. The summed E-state index contributed by atoms with van der Waals surface area (Å²) in [4.78, 5) is 0. The number of benzene rings is 1. The van der Waals surface area contributed by atoms with Gasteiger partial charge in [-0.15, -0.1) is 0 Å². The molecule has 1 aromatic rings. The van der Waals surface area contributed by atoms with E-state index in [-0.39, 0.29) is 5.92 Å². The molecular formula is C29H52O3. The van der Waals surface area contributed by atoms with Crippen LogP contribution in [0.25, 0.3) is 0 Å². The molecule has 0 heterocycles. The van der Waals surface area contributed by atoms with Crippen LogP contribution in [0.15, 0.2) is 24.3 Å². The molecule has 0 aliphatic heterocycles. The average molecular weight is 449 g/mol. The van der Waals surface area contributed by atoms with Crippen LogP contribution in [-0.2, 0) is 20.6 Å². The summed E-state index contributed by atoms with van der Waals surface area (Å²) < 4.78 is 19.3. The Morgan fingerprint density at radius 2 is 1.09 bits per heavy atom. The van der Waals surface area contributed by atoms with Crippen molar-refractivity contribution in [3.05, 3.63) is 35.4 Å². The molecule has 1 rings (SSSR count). The molecule has 0 bridgehead atoms. The predicted octanol–water partition coefficient (Wildman–Crippen LogP) is 8.80. The third-order valence-electron chi connectivity index (χ3n) is 6.00. The van der Waals surface area contributed by atoms with Crippen LogP contribution in [0.4, 0.5) is 0 Å². The monoisotopic (exact) mass is 448 g/mol. The maximum Gasteiger partial charge on any atom is 0.290 e. The van der Waals surface area contributed by atoms with Gasteiger partial charge in [0, 0.05) is 0 Å². The fourth-order valence-electron chi connectivity index (χ4n) is 4.13. The minimum atomic E-state index is -0.990. The summed E-state index contributed by atoms with van der Waals surface area (Å²) >= 11 is 0. The van der Waals surface area contributed by atoms with E-state index in [1.165, 1.54) is 62.5 Å². The maximum absolute atomic E-state index is 6.45. The Morgan fingerprint density at radius 1 is 0.594 bits per heavy atom. The summed E-state index contributed by atoms with van der Waals surface area (Å²) in [7, 11) is 0. The first-order chi connectivity index (χ1) is 15.7. The highest BCUT2D eigenvalue weighted by molar-refractivity contribution is 5.27. The Bertz CT molecular complexity index is 518. The van der Waals surface area contributed by atoms with Crippen LogP contribution < -0.4 is 0 Å². The van der Waals surface area contributed by atoms with Crippen molar-refractivity contribution in [3.8, 4) is 0 Å². The van der Waals surface area contributed by atoms with Gasteiger partial charge in [0.05, 0.1) is 25.7 Å². The van der Waals surface area contributed by atoms with E-state index in [1.54, 1.807) is 0 Å². The van der Waals surface area contributed by atoms with Gasteiger partial charge in [-0.25, -0.2) is 0 Å². The number of aryl methyl sites for hydroxylation is 1. The maximum atomic E-state index is 6.45. The molecule has 3 nitrogen and oxygen atoms in total. The molecule has 186 valence electrons. The van der Waals surface area contributed by atoms with E-state index in [0.29, 0.717) is 19.8 Å². The van der Waals surface area contributed by atoms with Crippen LogP contribution in [0, 0.1) is 0 Å². The van der Waals surface area contributed by atoms with Gasteiger partial charge in [0.15, 0.2) is 0 Å². The van der Waals surface area contributed by atoms with Crippen molar-refractivity contribution in [1.82, 2.24) is 0 Å². The molecule has 1 aromatic carbocycles. The van der Waals surface area contributed by atoms with Gasteiger partial charge in [0.1, 0.15) is 0 Å². The van der Waals surface area contributed by atoms with Crippen molar-refractivity contribution in [2.75, 3.05) is 19.8 Å². The van der Waals surface area contributed by atoms with Crippen molar-refractivity contribution in [2.24, 2.45) is 0 Å². The molecular weight excluding hydrogens is 396 g/mol. The van der Waals surface area contributed by atoms with Crippen LogP contribution in [-0.4, -0.2) is 25.8 Å². The zero-order valence-corrected chi connectivity index (χ0v) is 21.9. The van der Waals surface area contributed by atoms with Crippen LogP contribution >= 0.6 is 0 Å². The molecule has 0 saturated heterocycles. The number of rotatable bonds is 21. The zero-order chi connectivity index (χ0) is 23.5. The Hall–Kier alpha value is -0.900. The standard InChI is InChI=1S/C29H52O3/c1-6-11-13-14-15-16-18-28(27-21-19-26(20-22-27)17-12-7-2)29(30-23-8-3,31-24-9-4)32-25-10-5/h19-22,28H,6-18,23-25H2,1-5H3. The first kappa shape index (κ1) is 29.1. The Kier molecular flexibility index (Phi) is 16.9. The average Bonchev–Trinajstić information content (AvgIpc) is 2.83. The molecule has 0 aliphatic rings. The summed E-state index contributed by atoms with van der Waals surface area (Å²) in [6.07, 6.45) is 15.2. The van der Waals surface area contributed by atoms with E-state index in [9.17, 15) is 0 Å². The van der Waals surface area contributed by atoms with Gasteiger partial charge in [-0.1, -0.05) is 104 Å². The number of ether oxygens (including phenoxy) is 3. The van der Waals surface area contributed by atoms with Crippen molar-refractivity contribution in [1.29, 1.82) is 0 Å². The van der Waals surface area contributed by atoms with E-state index < -0.39 is 5.97 Å². The van der Waals surface area contributed by atoms with E-state index in [4.69, 9.17) is 14.2 Å². The Balaban J connectivity index is 3.13. The van der Waals surface area contributed by atoms with Crippen LogP contribution in [0.2, 0.25) is 0 Å². The van der Waals surface area contributed by atoms with Crippen LogP contribution in [0.1, 0.15) is 129 Å². The summed E-state index contributed by atoms with van der Waals surface area (Å²) in [6.45, 7) is 12.9. The lowest BCUT2D eigenvalue weighted by molar-refractivity contribution is -0.392.